The first-order valence-corrected chi connectivity index (χ1v) is 7.86. The second-order valence-electron chi connectivity index (χ2n) is 4.96. The second-order valence-corrected chi connectivity index (χ2v) is 6.01. The third-order valence-corrected chi connectivity index (χ3v) is 4.59. The molecule has 1 unspecified atom stereocenters. The molecule has 0 saturated heterocycles. The Hall–Kier alpha value is -1.74. The Balaban J connectivity index is 1.55. The maximum Gasteiger partial charge on any atom is 0.230 e. The molecule has 1 amide bonds. The van der Waals surface area contributed by atoms with Crippen LogP contribution in [0.2, 0.25) is 0 Å². The number of carbonyl (C=O) groups is 1. The van der Waals surface area contributed by atoms with Gasteiger partial charge in [-0.05, 0) is 36.1 Å². The highest BCUT2D eigenvalue weighted by Gasteiger charge is 2.23. The molecule has 3 heteroatoms. The topological polar surface area (TPSA) is 29.1 Å². The first kappa shape index (κ1) is 13.3. The van der Waals surface area contributed by atoms with Gasteiger partial charge >= 0.3 is 0 Å². The van der Waals surface area contributed by atoms with Crippen molar-refractivity contribution in [3.05, 3.63) is 65.7 Å². The minimum absolute atomic E-state index is 0.112. The number of rotatable bonds is 4. The van der Waals surface area contributed by atoms with Crippen molar-refractivity contribution >= 4 is 17.7 Å². The van der Waals surface area contributed by atoms with Crippen LogP contribution in [0.4, 0.5) is 0 Å². The fourth-order valence-corrected chi connectivity index (χ4v) is 3.34. The number of aryl methyl sites for hydroxylation is 1. The minimum Gasteiger partial charge on any atom is -0.349 e. The van der Waals surface area contributed by atoms with Gasteiger partial charge in [0.15, 0.2) is 0 Å². The molecule has 0 saturated carbocycles. The summed E-state index contributed by atoms with van der Waals surface area (Å²) >= 11 is 1.58. The quantitative estimate of drug-likeness (QED) is 0.869. The third-order valence-electron chi connectivity index (χ3n) is 3.58. The van der Waals surface area contributed by atoms with Gasteiger partial charge in [0.05, 0.1) is 11.8 Å². The summed E-state index contributed by atoms with van der Waals surface area (Å²) in [4.78, 5) is 13.2. The Bertz CT molecular complexity index is 597. The van der Waals surface area contributed by atoms with E-state index >= 15 is 0 Å². The number of hydrogen-bond acceptors (Lipinski definition) is 2. The molecule has 2 aromatic rings. The normalized spacial score (nSPS) is 16.7. The zero-order chi connectivity index (χ0) is 13.8. The van der Waals surface area contributed by atoms with Crippen molar-refractivity contribution < 1.29 is 4.79 Å². The van der Waals surface area contributed by atoms with Crippen LogP contribution in [0.3, 0.4) is 0 Å². The molecule has 20 heavy (non-hydrogen) atoms. The minimum atomic E-state index is 0.112. The summed E-state index contributed by atoms with van der Waals surface area (Å²) in [6.07, 6.45) is 2.08. The van der Waals surface area contributed by atoms with Gasteiger partial charge in [0.2, 0.25) is 5.91 Å². The van der Waals surface area contributed by atoms with Gasteiger partial charge in [0, 0.05) is 4.90 Å². The van der Waals surface area contributed by atoms with E-state index in [1.54, 1.807) is 11.8 Å². The van der Waals surface area contributed by atoms with E-state index < -0.39 is 0 Å². The molecule has 1 N–H and O–H groups in total. The van der Waals surface area contributed by atoms with Crippen molar-refractivity contribution in [2.75, 3.05) is 5.75 Å². The molecule has 0 aliphatic heterocycles. The predicted octanol–water partition coefficient (Wildman–Crippen LogP) is 3.58. The van der Waals surface area contributed by atoms with Crippen molar-refractivity contribution in [1.82, 2.24) is 5.32 Å². The predicted molar refractivity (Wildman–Crippen MR) is 82.8 cm³/mol. The number of hydrogen-bond donors (Lipinski definition) is 1. The third kappa shape index (κ3) is 3.05. The summed E-state index contributed by atoms with van der Waals surface area (Å²) in [6, 6.07) is 18.6. The summed E-state index contributed by atoms with van der Waals surface area (Å²) in [7, 11) is 0. The Kier molecular flexibility index (Phi) is 4.07. The lowest BCUT2D eigenvalue weighted by Crippen LogP contribution is -2.28. The maximum atomic E-state index is 12.1. The molecular formula is C17H17NOS. The van der Waals surface area contributed by atoms with Gasteiger partial charge in [-0.3, -0.25) is 4.79 Å². The molecule has 0 bridgehead atoms. The molecule has 0 spiro atoms. The number of amides is 1. The van der Waals surface area contributed by atoms with Crippen LogP contribution in [0.5, 0.6) is 0 Å². The smallest absolute Gasteiger partial charge is 0.230 e. The van der Waals surface area contributed by atoms with Crippen molar-refractivity contribution in [3.8, 4) is 0 Å². The van der Waals surface area contributed by atoms with Gasteiger partial charge in [-0.2, -0.15) is 0 Å². The number of benzene rings is 2. The van der Waals surface area contributed by atoms with Gasteiger partial charge in [0.1, 0.15) is 0 Å². The molecule has 0 fully saturated rings. The molecule has 0 radical (unpaired) electrons. The zero-order valence-corrected chi connectivity index (χ0v) is 12.0. The lowest BCUT2D eigenvalue weighted by atomic mass is 10.1. The molecule has 2 aromatic carbocycles. The Morgan fingerprint density at radius 3 is 2.70 bits per heavy atom. The summed E-state index contributed by atoms with van der Waals surface area (Å²) < 4.78 is 0. The monoisotopic (exact) mass is 283 g/mol. The van der Waals surface area contributed by atoms with Crippen LogP contribution in [0.1, 0.15) is 23.6 Å². The van der Waals surface area contributed by atoms with E-state index in [1.807, 2.05) is 36.4 Å². The fourth-order valence-electron chi connectivity index (χ4n) is 2.61. The van der Waals surface area contributed by atoms with Crippen molar-refractivity contribution in [3.63, 3.8) is 0 Å². The molecule has 0 heterocycles. The second kappa shape index (κ2) is 6.14. The van der Waals surface area contributed by atoms with Crippen LogP contribution in [0, 0.1) is 0 Å². The van der Waals surface area contributed by atoms with E-state index in [9.17, 15) is 4.79 Å². The van der Waals surface area contributed by atoms with Crippen LogP contribution in [0.25, 0.3) is 0 Å². The van der Waals surface area contributed by atoms with Crippen molar-refractivity contribution in [2.24, 2.45) is 0 Å². The Labute approximate surface area is 123 Å². The average molecular weight is 283 g/mol. The van der Waals surface area contributed by atoms with E-state index in [-0.39, 0.29) is 11.9 Å². The summed E-state index contributed by atoms with van der Waals surface area (Å²) in [5.41, 5.74) is 2.65. The van der Waals surface area contributed by atoms with Gasteiger partial charge in [-0.25, -0.2) is 0 Å². The molecule has 1 aliphatic rings. The number of fused-ring (bicyclic) bond motifs is 1. The summed E-state index contributed by atoms with van der Waals surface area (Å²) in [6.45, 7) is 0. The lowest BCUT2D eigenvalue weighted by Gasteiger charge is -2.13. The molecule has 1 aliphatic carbocycles. The van der Waals surface area contributed by atoms with Crippen LogP contribution >= 0.6 is 11.8 Å². The van der Waals surface area contributed by atoms with Gasteiger partial charge in [-0.15, -0.1) is 11.8 Å². The maximum absolute atomic E-state index is 12.1. The molecular weight excluding hydrogens is 266 g/mol. The molecule has 2 nitrogen and oxygen atoms in total. The van der Waals surface area contributed by atoms with Gasteiger partial charge in [-0.1, -0.05) is 42.5 Å². The number of carbonyl (C=O) groups excluding carboxylic acids is 1. The van der Waals surface area contributed by atoms with Gasteiger partial charge < -0.3 is 5.32 Å². The Morgan fingerprint density at radius 1 is 1.10 bits per heavy atom. The van der Waals surface area contributed by atoms with E-state index in [1.165, 1.54) is 11.1 Å². The largest absolute Gasteiger partial charge is 0.349 e. The SMILES string of the molecule is O=C(CSc1ccccc1)NC1CCc2ccccc21. The zero-order valence-electron chi connectivity index (χ0n) is 11.2. The van der Waals surface area contributed by atoms with Gasteiger partial charge in [0.25, 0.3) is 0 Å². The first-order valence-electron chi connectivity index (χ1n) is 6.88. The molecule has 0 aromatic heterocycles. The highest BCUT2D eigenvalue weighted by molar-refractivity contribution is 8.00. The van der Waals surface area contributed by atoms with E-state index in [4.69, 9.17) is 0 Å². The first-order chi connectivity index (χ1) is 9.83. The van der Waals surface area contributed by atoms with Crippen molar-refractivity contribution in [2.45, 2.75) is 23.8 Å². The molecule has 3 rings (SSSR count). The lowest BCUT2D eigenvalue weighted by molar-refractivity contribution is -0.119. The highest BCUT2D eigenvalue weighted by atomic mass is 32.2. The number of thioether (sulfide) groups is 1. The summed E-state index contributed by atoms with van der Waals surface area (Å²) in [5, 5.41) is 3.15. The fraction of sp³-hybridized carbons (Fsp3) is 0.235. The Morgan fingerprint density at radius 2 is 1.85 bits per heavy atom. The molecule has 102 valence electrons. The number of nitrogens with one attached hydrogen (secondary N) is 1. The standard InChI is InChI=1S/C17H17NOS/c19-17(12-20-14-7-2-1-3-8-14)18-16-11-10-13-6-4-5-9-15(13)16/h1-9,16H,10-12H2,(H,18,19). The molecule has 1 atom stereocenters. The van der Waals surface area contributed by atoms with E-state index in [0.717, 1.165) is 17.7 Å². The highest BCUT2D eigenvalue weighted by Crippen LogP contribution is 2.30. The van der Waals surface area contributed by atoms with Crippen molar-refractivity contribution in [1.29, 1.82) is 0 Å². The summed E-state index contributed by atoms with van der Waals surface area (Å²) in [5.74, 6) is 0.587. The van der Waals surface area contributed by atoms with Crippen LogP contribution in [-0.4, -0.2) is 11.7 Å². The van der Waals surface area contributed by atoms with Crippen LogP contribution < -0.4 is 5.32 Å². The average Bonchev–Trinajstić information content (AvgIpc) is 2.90. The van der Waals surface area contributed by atoms with Crippen LogP contribution in [0.15, 0.2) is 59.5 Å². The van der Waals surface area contributed by atoms with Crippen LogP contribution in [-0.2, 0) is 11.2 Å². The van der Waals surface area contributed by atoms with E-state index in [2.05, 4.69) is 23.5 Å². The van der Waals surface area contributed by atoms with E-state index in [0.29, 0.717) is 5.75 Å².